The Hall–Kier alpha value is -1.36. The van der Waals surface area contributed by atoms with E-state index in [1.807, 2.05) is 44.6 Å². The Labute approximate surface area is 103 Å². The molecule has 0 spiro atoms. The quantitative estimate of drug-likeness (QED) is 0.770. The van der Waals surface area contributed by atoms with Gasteiger partial charge in [-0.3, -0.25) is 9.48 Å². The van der Waals surface area contributed by atoms with Gasteiger partial charge in [0.1, 0.15) is 0 Å². The van der Waals surface area contributed by atoms with Crippen LogP contribution in [0.3, 0.4) is 0 Å². The van der Waals surface area contributed by atoms with E-state index in [1.165, 1.54) is 0 Å². The summed E-state index contributed by atoms with van der Waals surface area (Å²) in [6, 6.07) is 2.07. The standard InChI is InChI=1S/C12H22N4O/c1-9(2)14-12(17)11(4)15-10(3)8-16-7-5-6-13-16/h5-7,9-11,15H,8H2,1-4H3,(H,14,17). The van der Waals surface area contributed by atoms with E-state index in [9.17, 15) is 4.79 Å². The first-order chi connectivity index (χ1) is 7.99. The predicted molar refractivity (Wildman–Crippen MR) is 67.6 cm³/mol. The average molecular weight is 238 g/mol. The molecule has 1 aromatic rings. The van der Waals surface area contributed by atoms with Gasteiger partial charge >= 0.3 is 0 Å². The molecule has 0 aliphatic rings. The van der Waals surface area contributed by atoms with Crippen LogP contribution in [0.1, 0.15) is 27.7 Å². The fraction of sp³-hybridized carbons (Fsp3) is 0.667. The summed E-state index contributed by atoms with van der Waals surface area (Å²) in [5, 5.41) is 10.3. The molecule has 5 heteroatoms. The summed E-state index contributed by atoms with van der Waals surface area (Å²) in [6.45, 7) is 8.58. The normalized spacial score (nSPS) is 14.6. The fourth-order valence-electron chi connectivity index (χ4n) is 1.65. The molecule has 0 fully saturated rings. The zero-order chi connectivity index (χ0) is 12.8. The number of rotatable bonds is 6. The van der Waals surface area contributed by atoms with E-state index < -0.39 is 0 Å². The molecule has 0 aliphatic carbocycles. The van der Waals surface area contributed by atoms with Crippen molar-refractivity contribution >= 4 is 5.91 Å². The lowest BCUT2D eigenvalue weighted by atomic mass is 10.2. The second kappa shape index (κ2) is 6.39. The smallest absolute Gasteiger partial charge is 0.237 e. The molecule has 0 saturated carbocycles. The Morgan fingerprint density at radius 1 is 1.35 bits per heavy atom. The fourth-order valence-corrected chi connectivity index (χ4v) is 1.65. The van der Waals surface area contributed by atoms with Crippen LogP contribution in [0.2, 0.25) is 0 Å². The molecule has 1 heterocycles. The highest BCUT2D eigenvalue weighted by atomic mass is 16.2. The van der Waals surface area contributed by atoms with Crippen LogP contribution in [0, 0.1) is 0 Å². The van der Waals surface area contributed by atoms with E-state index in [1.54, 1.807) is 6.20 Å². The van der Waals surface area contributed by atoms with Crippen molar-refractivity contribution < 1.29 is 4.79 Å². The Morgan fingerprint density at radius 2 is 2.06 bits per heavy atom. The number of hydrogen-bond donors (Lipinski definition) is 2. The van der Waals surface area contributed by atoms with Gasteiger partial charge in [0, 0.05) is 24.5 Å². The zero-order valence-corrected chi connectivity index (χ0v) is 11.0. The number of aromatic nitrogens is 2. The molecule has 0 saturated heterocycles. The maximum atomic E-state index is 11.7. The number of nitrogens with one attached hydrogen (secondary N) is 2. The van der Waals surface area contributed by atoms with E-state index in [2.05, 4.69) is 15.7 Å². The van der Waals surface area contributed by atoms with Crippen molar-refractivity contribution in [3.8, 4) is 0 Å². The molecule has 1 rings (SSSR count). The molecule has 0 aliphatic heterocycles. The number of carbonyl (C=O) groups excluding carboxylic acids is 1. The monoisotopic (exact) mass is 238 g/mol. The first kappa shape index (κ1) is 13.7. The molecule has 1 amide bonds. The zero-order valence-electron chi connectivity index (χ0n) is 11.0. The summed E-state index contributed by atoms with van der Waals surface area (Å²) in [4.78, 5) is 11.7. The second-order valence-electron chi connectivity index (χ2n) is 4.68. The number of nitrogens with zero attached hydrogens (tertiary/aromatic N) is 2. The third kappa shape index (κ3) is 4.99. The minimum atomic E-state index is -0.192. The molecule has 96 valence electrons. The van der Waals surface area contributed by atoms with E-state index in [-0.39, 0.29) is 24.0 Å². The maximum absolute atomic E-state index is 11.7. The lowest BCUT2D eigenvalue weighted by Gasteiger charge is -2.20. The molecule has 2 N–H and O–H groups in total. The van der Waals surface area contributed by atoms with Crippen molar-refractivity contribution in [1.29, 1.82) is 0 Å². The van der Waals surface area contributed by atoms with Gasteiger partial charge in [-0.15, -0.1) is 0 Å². The third-order valence-corrected chi connectivity index (χ3v) is 2.38. The van der Waals surface area contributed by atoms with Crippen molar-refractivity contribution in [3.63, 3.8) is 0 Å². The van der Waals surface area contributed by atoms with Crippen LogP contribution in [0.4, 0.5) is 0 Å². The molecule has 5 nitrogen and oxygen atoms in total. The van der Waals surface area contributed by atoms with Crippen LogP contribution < -0.4 is 10.6 Å². The molecule has 0 radical (unpaired) electrons. The maximum Gasteiger partial charge on any atom is 0.237 e. The molecule has 1 aromatic heterocycles. The second-order valence-corrected chi connectivity index (χ2v) is 4.68. The Bertz CT molecular complexity index is 334. The minimum Gasteiger partial charge on any atom is -0.353 e. The summed E-state index contributed by atoms with van der Waals surface area (Å²) < 4.78 is 1.85. The first-order valence-corrected chi connectivity index (χ1v) is 6.03. The SMILES string of the molecule is CC(C)NC(=O)C(C)NC(C)Cn1cccn1. The molecule has 2 atom stereocenters. The highest BCUT2D eigenvalue weighted by Crippen LogP contribution is 1.94. The number of carbonyl (C=O) groups is 1. The van der Waals surface area contributed by atoms with Crippen LogP contribution in [0.5, 0.6) is 0 Å². The van der Waals surface area contributed by atoms with E-state index in [4.69, 9.17) is 0 Å². The van der Waals surface area contributed by atoms with Crippen LogP contribution in [0.25, 0.3) is 0 Å². The largest absolute Gasteiger partial charge is 0.353 e. The van der Waals surface area contributed by atoms with Gasteiger partial charge in [-0.2, -0.15) is 5.10 Å². The number of amides is 1. The number of hydrogen-bond acceptors (Lipinski definition) is 3. The molecular weight excluding hydrogens is 216 g/mol. The van der Waals surface area contributed by atoms with Gasteiger partial charge in [0.15, 0.2) is 0 Å². The van der Waals surface area contributed by atoms with Crippen LogP contribution >= 0.6 is 0 Å². The van der Waals surface area contributed by atoms with Gasteiger partial charge < -0.3 is 10.6 Å². The van der Waals surface area contributed by atoms with Gasteiger partial charge in [0.05, 0.1) is 12.6 Å². The van der Waals surface area contributed by atoms with Crippen LogP contribution in [-0.2, 0) is 11.3 Å². The van der Waals surface area contributed by atoms with Crippen molar-refractivity contribution in [1.82, 2.24) is 20.4 Å². The molecule has 2 unspecified atom stereocenters. The van der Waals surface area contributed by atoms with Gasteiger partial charge in [-0.05, 0) is 33.8 Å². The van der Waals surface area contributed by atoms with Crippen LogP contribution in [0.15, 0.2) is 18.5 Å². The van der Waals surface area contributed by atoms with Gasteiger partial charge in [-0.25, -0.2) is 0 Å². The predicted octanol–water partition coefficient (Wildman–Crippen LogP) is 0.774. The molecule has 0 bridgehead atoms. The van der Waals surface area contributed by atoms with Crippen LogP contribution in [-0.4, -0.2) is 33.8 Å². The lowest BCUT2D eigenvalue weighted by Crippen LogP contribution is -2.48. The van der Waals surface area contributed by atoms with Crippen molar-refractivity contribution in [2.75, 3.05) is 0 Å². The molecule has 17 heavy (non-hydrogen) atoms. The van der Waals surface area contributed by atoms with Gasteiger partial charge in [0.25, 0.3) is 0 Å². The third-order valence-electron chi connectivity index (χ3n) is 2.38. The Morgan fingerprint density at radius 3 is 2.59 bits per heavy atom. The van der Waals surface area contributed by atoms with Crippen molar-refractivity contribution in [3.05, 3.63) is 18.5 Å². The van der Waals surface area contributed by atoms with Gasteiger partial charge in [0.2, 0.25) is 5.91 Å². The van der Waals surface area contributed by atoms with Crippen molar-refractivity contribution in [2.45, 2.75) is 52.4 Å². The Kier molecular flexibility index (Phi) is 5.15. The van der Waals surface area contributed by atoms with E-state index in [0.29, 0.717) is 0 Å². The van der Waals surface area contributed by atoms with E-state index >= 15 is 0 Å². The lowest BCUT2D eigenvalue weighted by molar-refractivity contribution is -0.123. The average Bonchev–Trinajstić information content (AvgIpc) is 2.68. The minimum absolute atomic E-state index is 0.0346. The summed E-state index contributed by atoms with van der Waals surface area (Å²) in [6.07, 6.45) is 3.67. The summed E-state index contributed by atoms with van der Waals surface area (Å²) in [5.74, 6) is 0.0346. The van der Waals surface area contributed by atoms with E-state index in [0.717, 1.165) is 6.54 Å². The summed E-state index contributed by atoms with van der Waals surface area (Å²) >= 11 is 0. The summed E-state index contributed by atoms with van der Waals surface area (Å²) in [7, 11) is 0. The Balaban J connectivity index is 2.35. The topological polar surface area (TPSA) is 59.0 Å². The molecular formula is C12H22N4O. The van der Waals surface area contributed by atoms with Crippen molar-refractivity contribution in [2.24, 2.45) is 0 Å². The summed E-state index contributed by atoms with van der Waals surface area (Å²) in [5.41, 5.74) is 0. The highest BCUT2D eigenvalue weighted by molar-refractivity contribution is 5.81. The highest BCUT2D eigenvalue weighted by Gasteiger charge is 2.15. The molecule has 0 aromatic carbocycles. The first-order valence-electron chi connectivity index (χ1n) is 6.03. The van der Waals surface area contributed by atoms with Gasteiger partial charge in [-0.1, -0.05) is 0 Å².